The van der Waals surface area contributed by atoms with Gasteiger partial charge in [0.2, 0.25) is 5.91 Å². The number of hydrogen-bond acceptors (Lipinski definition) is 4. The first-order chi connectivity index (χ1) is 9.13. The van der Waals surface area contributed by atoms with Crippen molar-refractivity contribution in [3.8, 4) is 0 Å². The lowest BCUT2D eigenvalue weighted by atomic mass is 10.2. The van der Waals surface area contributed by atoms with E-state index in [4.69, 9.17) is 5.11 Å². The van der Waals surface area contributed by atoms with E-state index in [1.165, 1.54) is 12.8 Å². The smallest absolute Gasteiger partial charge is 0.326 e. The van der Waals surface area contributed by atoms with Crippen LogP contribution in [0.3, 0.4) is 0 Å². The molecule has 0 aliphatic carbocycles. The molecule has 0 radical (unpaired) electrons. The fraction of sp³-hybridized carbons (Fsp3) is 0.846. The molecule has 1 unspecified atom stereocenters. The highest BCUT2D eigenvalue weighted by molar-refractivity contribution is 7.98. The van der Waals surface area contributed by atoms with Crippen LogP contribution >= 0.6 is 11.8 Å². The van der Waals surface area contributed by atoms with E-state index in [0.717, 1.165) is 31.7 Å². The number of carbonyl (C=O) groups excluding carboxylic acids is 1. The van der Waals surface area contributed by atoms with Crippen LogP contribution in [0.25, 0.3) is 0 Å². The van der Waals surface area contributed by atoms with Crippen molar-refractivity contribution in [2.75, 3.05) is 31.6 Å². The van der Waals surface area contributed by atoms with Crippen molar-refractivity contribution >= 4 is 23.6 Å². The quantitative estimate of drug-likeness (QED) is 0.736. The number of aliphatic carboxylic acids is 1. The molecule has 0 aromatic carbocycles. The molecule has 0 aromatic heterocycles. The number of thioether (sulfide) groups is 1. The van der Waals surface area contributed by atoms with Crippen LogP contribution in [0.4, 0.5) is 0 Å². The standard InChI is InChI=1S/C13H24N2O3S/c1-19-9-6-11(13(17)18)14-12(16)10-15-7-4-2-3-5-8-15/h11H,2-10H2,1H3,(H,14,16)(H,17,18). The highest BCUT2D eigenvalue weighted by Crippen LogP contribution is 2.09. The lowest BCUT2D eigenvalue weighted by Gasteiger charge is -2.21. The summed E-state index contributed by atoms with van der Waals surface area (Å²) >= 11 is 1.59. The third-order valence-corrected chi connectivity index (χ3v) is 3.95. The fourth-order valence-electron chi connectivity index (χ4n) is 2.23. The maximum absolute atomic E-state index is 11.9. The van der Waals surface area contributed by atoms with Gasteiger partial charge in [-0.1, -0.05) is 12.8 Å². The van der Waals surface area contributed by atoms with Gasteiger partial charge in [-0.05, 0) is 44.4 Å². The summed E-state index contributed by atoms with van der Waals surface area (Å²) in [5.74, 6) is -0.380. The van der Waals surface area contributed by atoms with Crippen molar-refractivity contribution < 1.29 is 14.7 Å². The van der Waals surface area contributed by atoms with Crippen LogP contribution in [-0.2, 0) is 9.59 Å². The molecular weight excluding hydrogens is 264 g/mol. The van der Waals surface area contributed by atoms with Crippen LogP contribution in [0.1, 0.15) is 32.1 Å². The van der Waals surface area contributed by atoms with Crippen molar-refractivity contribution in [1.82, 2.24) is 10.2 Å². The molecule has 1 aliphatic rings. The first kappa shape index (κ1) is 16.3. The molecular formula is C13H24N2O3S. The Morgan fingerprint density at radius 3 is 2.42 bits per heavy atom. The summed E-state index contributed by atoms with van der Waals surface area (Å²) in [6.07, 6.45) is 7.11. The van der Waals surface area contributed by atoms with Gasteiger partial charge in [-0.25, -0.2) is 4.79 Å². The zero-order valence-corrected chi connectivity index (χ0v) is 12.4. The van der Waals surface area contributed by atoms with Crippen LogP contribution in [0, 0.1) is 0 Å². The normalized spacial score (nSPS) is 18.6. The summed E-state index contributed by atoms with van der Waals surface area (Å²) in [5.41, 5.74) is 0. The molecule has 1 aliphatic heterocycles. The Morgan fingerprint density at radius 1 is 1.26 bits per heavy atom. The van der Waals surface area contributed by atoms with E-state index in [9.17, 15) is 9.59 Å². The van der Waals surface area contributed by atoms with Gasteiger partial charge in [0.25, 0.3) is 0 Å². The zero-order chi connectivity index (χ0) is 14.1. The molecule has 19 heavy (non-hydrogen) atoms. The summed E-state index contributed by atoms with van der Waals surface area (Å²) < 4.78 is 0. The Labute approximate surface area is 119 Å². The van der Waals surface area contributed by atoms with Gasteiger partial charge in [0.1, 0.15) is 6.04 Å². The van der Waals surface area contributed by atoms with Crippen molar-refractivity contribution in [2.24, 2.45) is 0 Å². The third-order valence-electron chi connectivity index (χ3n) is 3.31. The molecule has 6 heteroatoms. The summed E-state index contributed by atoms with van der Waals surface area (Å²) in [6, 6.07) is -0.757. The Morgan fingerprint density at radius 2 is 1.89 bits per heavy atom. The second-order valence-corrected chi connectivity index (χ2v) is 5.92. The van der Waals surface area contributed by atoms with Gasteiger partial charge in [0.15, 0.2) is 0 Å². The average molecular weight is 288 g/mol. The van der Waals surface area contributed by atoms with Crippen LogP contribution in [0.5, 0.6) is 0 Å². The van der Waals surface area contributed by atoms with Crippen LogP contribution in [0.2, 0.25) is 0 Å². The van der Waals surface area contributed by atoms with Gasteiger partial charge >= 0.3 is 5.97 Å². The Kier molecular flexibility index (Phi) is 7.90. The number of rotatable bonds is 7. The number of nitrogens with zero attached hydrogens (tertiary/aromatic N) is 1. The Balaban J connectivity index is 2.36. The molecule has 1 heterocycles. The summed E-state index contributed by atoms with van der Waals surface area (Å²) in [6.45, 7) is 2.20. The minimum Gasteiger partial charge on any atom is -0.480 e. The first-order valence-electron chi connectivity index (χ1n) is 6.87. The average Bonchev–Trinajstić information content (AvgIpc) is 2.62. The molecule has 1 saturated heterocycles. The highest BCUT2D eigenvalue weighted by atomic mass is 32.2. The molecule has 0 aromatic rings. The second kappa shape index (κ2) is 9.20. The maximum Gasteiger partial charge on any atom is 0.326 e. The van der Waals surface area contributed by atoms with Crippen molar-refractivity contribution in [3.05, 3.63) is 0 Å². The first-order valence-corrected chi connectivity index (χ1v) is 8.26. The molecule has 1 atom stereocenters. The van der Waals surface area contributed by atoms with E-state index in [-0.39, 0.29) is 5.91 Å². The molecule has 1 fully saturated rings. The van der Waals surface area contributed by atoms with E-state index in [2.05, 4.69) is 10.2 Å². The summed E-state index contributed by atoms with van der Waals surface area (Å²) in [5, 5.41) is 11.7. The summed E-state index contributed by atoms with van der Waals surface area (Å²) in [4.78, 5) is 25.0. The van der Waals surface area contributed by atoms with E-state index >= 15 is 0 Å². The van der Waals surface area contributed by atoms with Crippen molar-refractivity contribution in [2.45, 2.75) is 38.1 Å². The number of carboxylic acids is 1. The molecule has 0 bridgehead atoms. The number of amides is 1. The maximum atomic E-state index is 11.9. The molecule has 2 N–H and O–H groups in total. The number of carboxylic acid groups (broad SMARTS) is 1. The van der Waals surface area contributed by atoms with E-state index in [0.29, 0.717) is 13.0 Å². The Hall–Kier alpha value is -0.750. The van der Waals surface area contributed by atoms with E-state index < -0.39 is 12.0 Å². The number of hydrogen-bond donors (Lipinski definition) is 2. The minimum absolute atomic E-state index is 0.171. The monoisotopic (exact) mass is 288 g/mol. The van der Waals surface area contributed by atoms with Gasteiger partial charge in [0.05, 0.1) is 6.54 Å². The van der Waals surface area contributed by atoms with E-state index in [1.54, 1.807) is 11.8 Å². The predicted octanol–water partition coefficient (Wildman–Crippen LogP) is 1.18. The van der Waals surface area contributed by atoms with Gasteiger partial charge in [-0.2, -0.15) is 11.8 Å². The van der Waals surface area contributed by atoms with Gasteiger partial charge in [-0.15, -0.1) is 0 Å². The SMILES string of the molecule is CSCCC(NC(=O)CN1CCCCCC1)C(=O)O. The third kappa shape index (κ3) is 6.82. The van der Waals surface area contributed by atoms with Crippen molar-refractivity contribution in [3.63, 3.8) is 0 Å². The van der Waals surface area contributed by atoms with Crippen LogP contribution in [0.15, 0.2) is 0 Å². The largest absolute Gasteiger partial charge is 0.480 e. The number of likely N-dealkylation sites (tertiary alicyclic amines) is 1. The van der Waals surface area contributed by atoms with Crippen molar-refractivity contribution in [1.29, 1.82) is 0 Å². The topological polar surface area (TPSA) is 69.6 Å². The lowest BCUT2D eigenvalue weighted by Crippen LogP contribution is -2.46. The second-order valence-electron chi connectivity index (χ2n) is 4.93. The highest BCUT2D eigenvalue weighted by Gasteiger charge is 2.21. The number of carbonyl (C=O) groups is 2. The lowest BCUT2D eigenvalue weighted by molar-refractivity contribution is -0.142. The molecule has 1 rings (SSSR count). The fourth-order valence-corrected chi connectivity index (χ4v) is 2.70. The molecule has 0 spiro atoms. The molecule has 5 nitrogen and oxygen atoms in total. The van der Waals surface area contributed by atoms with Gasteiger partial charge in [0, 0.05) is 0 Å². The van der Waals surface area contributed by atoms with Gasteiger partial charge < -0.3 is 10.4 Å². The Bertz CT molecular complexity index is 292. The molecule has 0 saturated carbocycles. The van der Waals surface area contributed by atoms with E-state index in [1.807, 2.05) is 6.26 Å². The van der Waals surface area contributed by atoms with Crippen LogP contribution < -0.4 is 5.32 Å². The number of nitrogens with one attached hydrogen (secondary N) is 1. The molecule has 1 amide bonds. The zero-order valence-electron chi connectivity index (χ0n) is 11.6. The van der Waals surface area contributed by atoms with Crippen LogP contribution in [-0.4, -0.2) is 59.6 Å². The minimum atomic E-state index is -0.946. The summed E-state index contributed by atoms with van der Waals surface area (Å²) in [7, 11) is 0. The molecule has 110 valence electrons. The predicted molar refractivity (Wildman–Crippen MR) is 77.5 cm³/mol. The van der Waals surface area contributed by atoms with Gasteiger partial charge in [-0.3, -0.25) is 9.69 Å².